The Morgan fingerprint density at radius 2 is 2.20 bits per heavy atom. The monoisotopic (exact) mass is 356 g/mol. The van der Waals surface area contributed by atoms with Crippen LogP contribution in [0.15, 0.2) is 41.2 Å². The summed E-state index contributed by atoms with van der Waals surface area (Å²) in [7, 11) is 0. The van der Waals surface area contributed by atoms with Gasteiger partial charge in [-0.3, -0.25) is 0 Å². The van der Waals surface area contributed by atoms with E-state index in [0.29, 0.717) is 23.9 Å². The number of aromatic amines is 1. The zero-order valence-corrected chi connectivity index (χ0v) is 14.4. The van der Waals surface area contributed by atoms with Crippen LogP contribution in [0, 0.1) is 0 Å². The van der Waals surface area contributed by atoms with Gasteiger partial charge in [-0.05, 0) is 54.8 Å². The molecule has 3 N–H and O–H groups in total. The summed E-state index contributed by atoms with van der Waals surface area (Å²) in [6.07, 6.45) is 0.609. The first kappa shape index (κ1) is 15.9. The van der Waals surface area contributed by atoms with E-state index in [1.807, 2.05) is 43.3 Å². The van der Waals surface area contributed by atoms with E-state index in [1.54, 1.807) is 0 Å². The highest BCUT2D eigenvalue weighted by atomic mass is 35.5. The van der Waals surface area contributed by atoms with Crippen molar-refractivity contribution in [3.05, 3.63) is 63.3 Å². The van der Waals surface area contributed by atoms with Crippen LogP contribution >= 0.6 is 11.6 Å². The number of aromatic nitrogens is 3. The van der Waals surface area contributed by atoms with Gasteiger partial charge in [-0.2, -0.15) is 5.10 Å². The van der Waals surface area contributed by atoms with Crippen molar-refractivity contribution >= 4 is 11.6 Å². The molecule has 0 saturated carbocycles. The van der Waals surface area contributed by atoms with Crippen LogP contribution in [0.4, 0.5) is 0 Å². The van der Waals surface area contributed by atoms with E-state index in [4.69, 9.17) is 22.1 Å². The van der Waals surface area contributed by atoms with Crippen molar-refractivity contribution in [3.8, 4) is 22.6 Å². The van der Waals surface area contributed by atoms with E-state index in [-0.39, 0.29) is 11.7 Å². The second-order valence-corrected chi connectivity index (χ2v) is 6.39. The van der Waals surface area contributed by atoms with Crippen molar-refractivity contribution in [2.45, 2.75) is 19.4 Å². The van der Waals surface area contributed by atoms with Gasteiger partial charge in [-0.15, -0.1) is 0 Å². The summed E-state index contributed by atoms with van der Waals surface area (Å²) in [4.78, 5) is 12.1. The van der Waals surface area contributed by atoms with Gasteiger partial charge in [0.15, 0.2) is 5.82 Å². The second-order valence-electron chi connectivity index (χ2n) is 5.95. The lowest BCUT2D eigenvalue weighted by atomic mass is 9.95. The number of nitrogens with one attached hydrogen (secondary N) is 1. The Bertz CT molecular complexity index is 1010. The van der Waals surface area contributed by atoms with Crippen LogP contribution in [-0.4, -0.2) is 21.4 Å². The minimum atomic E-state index is -0.326. The van der Waals surface area contributed by atoms with Crippen molar-refractivity contribution in [2.24, 2.45) is 5.73 Å². The fourth-order valence-electron chi connectivity index (χ4n) is 3.26. The Morgan fingerprint density at radius 1 is 1.36 bits per heavy atom. The zero-order chi connectivity index (χ0) is 17.6. The molecule has 0 amide bonds. The van der Waals surface area contributed by atoms with Crippen LogP contribution in [0.3, 0.4) is 0 Å². The highest BCUT2D eigenvalue weighted by molar-refractivity contribution is 6.31. The van der Waals surface area contributed by atoms with Crippen molar-refractivity contribution in [1.29, 1.82) is 0 Å². The Balaban J connectivity index is 1.87. The van der Waals surface area contributed by atoms with Crippen LogP contribution in [0.25, 0.3) is 16.8 Å². The number of ether oxygens (including phenoxy) is 1. The molecule has 0 aliphatic carbocycles. The Morgan fingerprint density at radius 3 is 3.00 bits per heavy atom. The molecular weight excluding hydrogens is 340 g/mol. The molecule has 0 spiro atoms. The fraction of sp³-hybridized carbons (Fsp3) is 0.222. The van der Waals surface area contributed by atoms with E-state index in [9.17, 15) is 4.79 Å². The molecule has 0 bridgehead atoms. The van der Waals surface area contributed by atoms with Crippen LogP contribution < -0.4 is 16.2 Å². The third-order valence-electron chi connectivity index (χ3n) is 4.34. The number of benzene rings is 2. The highest BCUT2D eigenvalue weighted by Crippen LogP contribution is 2.36. The molecule has 1 aromatic heterocycles. The van der Waals surface area contributed by atoms with E-state index < -0.39 is 0 Å². The van der Waals surface area contributed by atoms with Gasteiger partial charge in [-0.25, -0.2) is 14.5 Å². The SMILES string of the molecule is CCOc1ccc(Cl)cc1-c1ccc2c(c1)CC(N)c1n[nH]c(=O)n1-2. The molecule has 1 atom stereocenters. The number of rotatable bonds is 3. The van der Waals surface area contributed by atoms with E-state index in [1.165, 1.54) is 4.57 Å². The molecular formula is C18H17ClN4O2. The second kappa shape index (κ2) is 6.06. The normalized spacial score (nSPS) is 15.6. The van der Waals surface area contributed by atoms with Gasteiger partial charge in [0.25, 0.3) is 0 Å². The topological polar surface area (TPSA) is 85.9 Å². The van der Waals surface area contributed by atoms with Crippen LogP contribution in [-0.2, 0) is 6.42 Å². The summed E-state index contributed by atoms with van der Waals surface area (Å²) < 4.78 is 7.26. The molecule has 2 heterocycles. The first-order valence-corrected chi connectivity index (χ1v) is 8.45. The third kappa shape index (κ3) is 2.63. The van der Waals surface area contributed by atoms with Crippen molar-refractivity contribution in [3.63, 3.8) is 0 Å². The Kier molecular flexibility index (Phi) is 3.86. The molecule has 0 saturated heterocycles. The molecule has 25 heavy (non-hydrogen) atoms. The minimum absolute atomic E-state index is 0.281. The summed E-state index contributed by atoms with van der Waals surface area (Å²) in [5.74, 6) is 1.33. The number of fused-ring (bicyclic) bond motifs is 3. The first-order valence-electron chi connectivity index (χ1n) is 8.07. The lowest BCUT2D eigenvalue weighted by Gasteiger charge is -2.23. The van der Waals surface area contributed by atoms with Gasteiger partial charge in [0, 0.05) is 10.6 Å². The lowest BCUT2D eigenvalue weighted by Crippen LogP contribution is -2.28. The number of nitrogens with zero attached hydrogens (tertiary/aromatic N) is 2. The van der Waals surface area contributed by atoms with Crippen LogP contribution in [0.1, 0.15) is 24.4 Å². The molecule has 6 nitrogen and oxygen atoms in total. The molecule has 7 heteroatoms. The summed E-state index contributed by atoms with van der Waals surface area (Å²) in [6, 6.07) is 11.1. The van der Waals surface area contributed by atoms with Crippen molar-refractivity contribution in [2.75, 3.05) is 6.61 Å². The van der Waals surface area contributed by atoms with Gasteiger partial charge in [-0.1, -0.05) is 17.7 Å². The van der Waals surface area contributed by atoms with E-state index in [0.717, 1.165) is 28.1 Å². The van der Waals surface area contributed by atoms with Gasteiger partial charge in [0.2, 0.25) is 0 Å². The summed E-state index contributed by atoms with van der Waals surface area (Å²) in [5, 5.41) is 7.14. The van der Waals surface area contributed by atoms with Gasteiger partial charge >= 0.3 is 5.69 Å². The number of H-pyrrole nitrogens is 1. The number of halogens is 1. The summed E-state index contributed by atoms with van der Waals surface area (Å²) >= 11 is 6.17. The van der Waals surface area contributed by atoms with Gasteiger partial charge in [0.05, 0.1) is 18.3 Å². The maximum absolute atomic E-state index is 12.1. The van der Waals surface area contributed by atoms with Crippen molar-refractivity contribution in [1.82, 2.24) is 14.8 Å². The third-order valence-corrected chi connectivity index (χ3v) is 4.58. The number of hydrogen-bond acceptors (Lipinski definition) is 4. The summed E-state index contributed by atoms with van der Waals surface area (Å²) in [6.45, 7) is 2.51. The maximum Gasteiger partial charge on any atom is 0.347 e. The first-order chi connectivity index (χ1) is 12.1. The standard InChI is InChI=1S/C18H17ClN4O2/c1-2-25-16-6-4-12(19)9-13(16)10-3-5-15-11(7-10)8-14(20)17-21-22-18(24)23(15)17/h3-7,9,14H,2,8,20H2,1H3,(H,22,24). The molecule has 1 aliphatic rings. The quantitative estimate of drug-likeness (QED) is 0.755. The van der Waals surface area contributed by atoms with E-state index in [2.05, 4.69) is 10.2 Å². The van der Waals surface area contributed by atoms with Crippen LogP contribution in [0.2, 0.25) is 5.02 Å². The molecule has 1 unspecified atom stereocenters. The molecule has 128 valence electrons. The molecule has 0 radical (unpaired) electrons. The fourth-order valence-corrected chi connectivity index (χ4v) is 3.43. The average molecular weight is 357 g/mol. The zero-order valence-electron chi connectivity index (χ0n) is 13.6. The number of nitrogens with two attached hydrogens (primary N) is 1. The molecule has 3 aromatic rings. The average Bonchev–Trinajstić information content (AvgIpc) is 2.99. The highest BCUT2D eigenvalue weighted by Gasteiger charge is 2.26. The van der Waals surface area contributed by atoms with Crippen LogP contribution in [0.5, 0.6) is 5.75 Å². The van der Waals surface area contributed by atoms with Gasteiger partial charge < -0.3 is 10.5 Å². The maximum atomic E-state index is 12.1. The predicted molar refractivity (Wildman–Crippen MR) is 96.4 cm³/mol. The summed E-state index contributed by atoms with van der Waals surface area (Å²) in [5.41, 5.74) is 9.57. The van der Waals surface area contributed by atoms with Gasteiger partial charge in [0.1, 0.15) is 5.75 Å². The molecule has 4 rings (SSSR count). The van der Waals surface area contributed by atoms with E-state index >= 15 is 0 Å². The molecule has 0 fully saturated rings. The minimum Gasteiger partial charge on any atom is -0.493 e. The lowest BCUT2D eigenvalue weighted by molar-refractivity contribution is 0.341. The molecule has 2 aromatic carbocycles. The largest absolute Gasteiger partial charge is 0.493 e. The number of hydrogen-bond donors (Lipinski definition) is 2. The molecule has 1 aliphatic heterocycles. The Labute approximate surface area is 149 Å². The predicted octanol–water partition coefficient (Wildman–Crippen LogP) is 2.84. The Hall–Kier alpha value is -2.57. The smallest absolute Gasteiger partial charge is 0.347 e. The van der Waals surface area contributed by atoms with Crippen molar-refractivity contribution < 1.29 is 4.74 Å².